The van der Waals surface area contributed by atoms with Crippen LogP contribution in [0.5, 0.6) is 11.5 Å². The van der Waals surface area contributed by atoms with Crippen molar-refractivity contribution in [2.45, 2.75) is 31.8 Å². The number of nitrogens with one attached hydrogen (secondary N) is 2. The first-order valence-corrected chi connectivity index (χ1v) is 7.34. The van der Waals surface area contributed by atoms with Gasteiger partial charge in [0.05, 0.1) is 13.2 Å². The zero-order valence-electron chi connectivity index (χ0n) is 12.3. The van der Waals surface area contributed by atoms with Gasteiger partial charge in [0.2, 0.25) is 0 Å². The van der Waals surface area contributed by atoms with Gasteiger partial charge in [-0.3, -0.25) is 10.1 Å². The number of hydrogen-bond donors (Lipinski definition) is 2. The van der Waals surface area contributed by atoms with Gasteiger partial charge in [-0.15, -0.1) is 0 Å². The second-order valence-electron chi connectivity index (χ2n) is 5.40. The van der Waals surface area contributed by atoms with Gasteiger partial charge >= 0.3 is 6.03 Å². The summed E-state index contributed by atoms with van der Waals surface area (Å²) in [6.45, 7) is 0. The molecule has 3 amide bonds. The van der Waals surface area contributed by atoms with Crippen molar-refractivity contribution in [3.8, 4) is 11.5 Å². The molecule has 6 heteroatoms. The molecule has 1 aliphatic carbocycles. The monoisotopic (exact) mass is 302 g/mol. The first-order valence-electron chi connectivity index (χ1n) is 7.34. The summed E-state index contributed by atoms with van der Waals surface area (Å²) in [6, 6.07) is 4.92. The highest BCUT2D eigenvalue weighted by Gasteiger charge is 2.23. The molecule has 0 bridgehead atoms. The maximum atomic E-state index is 11.6. The SMILES string of the molecule is COc1ccc(C=C2NC(=O)NC2=O)cc1OC1CCCC1. The lowest BCUT2D eigenvalue weighted by molar-refractivity contribution is -0.115. The van der Waals surface area contributed by atoms with Crippen LogP contribution in [0.2, 0.25) is 0 Å². The molecular formula is C16H18N2O4. The predicted octanol–water partition coefficient (Wildman–Crippen LogP) is 2.20. The highest BCUT2D eigenvalue weighted by atomic mass is 16.5. The van der Waals surface area contributed by atoms with Gasteiger partial charge in [0.25, 0.3) is 5.91 Å². The first-order chi connectivity index (χ1) is 10.7. The minimum absolute atomic E-state index is 0.214. The number of carbonyl (C=O) groups is 2. The molecule has 116 valence electrons. The quantitative estimate of drug-likeness (QED) is 0.660. The number of rotatable bonds is 4. The van der Waals surface area contributed by atoms with Crippen LogP contribution >= 0.6 is 0 Å². The van der Waals surface area contributed by atoms with E-state index in [0.717, 1.165) is 18.4 Å². The maximum absolute atomic E-state index is 11.6. The van der Waals surface area contributed by atoms with E-state index in [1.807, 2.05) is 12.1 Å². The molecule has 0 atom stereocenters. The van der Waals surface area contributed by atoms with Crippen molar-refractivity contribution in [3.63, 3.8) is 0 Å². The number of ether oxygens (including phenoxy) is 2. The lowest BCUT2D eigenvalue weighted by Crippen LogP contribution is -2.22. The molecule has 2 aliphatic rings. The summed E-state index contributed by atoms with van der Waals surface area (Å²) >= 11 is 0. The van der Waals surface area contributed by atoms with Crippen LogP contribution in [-0.4, -0.2) is 25.2 Å². The number of urea groups is 1. The van der Waals surface area contributed by atoms with E-state index in [1.165, 1.54) is 12.8 Å². The molecule has 3 rings (SSSR count). The molecule has 2 N–H and O–H groups in total. The van der Waals surface area contributed by atoms with Crippen LogP contribution in [0.25, 0.3) is 6.08 Å². The summed E-state index contributed by atoms with van der Waals surface area (Å²) in [7, 11) is 1.60. The van der Waals surface area contributed by atoms with Gasteiger partial charge in [0.1, 0.15) is 5.70 Å². The summed E-state index contributed by atoms with van der Waals surface area (Å²) in [5, 5.41) is 4.63. The highest BCUT2D eigenvalue weighted by molar-refractivity contribution is 6.13. The van der Waals surface area contributed by atoms with E-state index in [9.17, 15) is 9.59 Å². The van der Waals surface area contributed by atoms with Crippen molar-refractivity contribution in [1.82, 2.24) is 10.6 Å². The number of carbonyl (C=O) groups excluding carboxylic acids is 2. The normalized spacial score (nSPS) is 20.1. The Kier molecular flexibility index (Phi) is 4.00. The molecule has 0 radical (unpaired) electrons. The van der Waals surface area contributed by atoms with Crippen LogP contribution in [0, 0.1) is 0 Å². The van der Waals surface area contributed by atoms with Gasteiger partial charge in [-0.25, -0.2) is 4.79 Å². The fraction of sp³-hybridized carbons (Fsp3) is 0.375. The Hall–Kier alpha value is -2.50. The average Bonchev–Trinajstić information content (AvgIpc) is 3.10. The van der Waals surface area contributed by atoms with E-state index in [2.05, 4.69) is 10.6 Å². The highest BCUT2D eigenvalue weighted by Crippen LogP contribution is 2.33. The fourth-order valence-electron chi connectivity index (χ4n) is 2.71. The van der Waals surface area contributed by atoms with Crippen molar-refractivity contribution >= 4 is 18.0 Å². The summed E-state index contributed by atoms with van der Waals surface area (Å²) in [5.74, 6) is 0.890. The Bertz CT molecular complexity index is 633. The molecule has 2 fully saturated rings. The fourth-order valence-corrected chi connectivity index (χ4v) is 2.71. The molecule has 1 aromatic carbocycles. The zero-order valence-corrected chi connectivity index (χ0v) is 12.3. The van der Waals surface area contributed by atoms with E-state index in [-0.39, 0.29) is 11.8 Å². The summed E-state index contributed by atoms with van der Waals surface area (Å²) in [4.78, 5) is 22.7. The van der Waals surface area contributed by atoms with E-state index < -0.39 is 11.9 Å². The van der Waals surface area contributed by atoms with Crippen LogP contribution in [0.3, 0.4) is 0 Å². The third kappa shape index (κ3) is 3.05. The average molecular weight is 302 g/mol. The lowest BCUT2D eigenvalue weighted by atomic mass is 10.1. The largest absolute Gasteiger partial charge is 0.493 e. The van der Waals surface area contributed by atoms with Crippen molar-refractivity contribution in [3.05, 3.63) is 29.5 Å². The van der Waals surface area contributed by atoms with Crippen molar-refractivity contribution in [2.75, 3.05) is 7.11 Å². The van der Waals surface area contributed by atoms with E-state index >= 15 is 0 Å². The Morgan fingerprint density at radius 3 is 2.55 bits per heavy atom. The molecular weight excluding hydrogens is 284 g/mol. The zero-order chi connectivity index (χ0) is 15.5. The smallest absolute Gasteiger partial charge is 0.326 e. The third-order valence-electron chi connectivity index (χ3n) is 3.81. The standard InChI is InChI=1S/C16H18N2O4/c1-21-13-7-6-10(8-12-15(19)18-16(20)17-12)9-14(13)22-11-4-2-3-5-11/h6-9,11H,2-5H2,1H3,(H2,17,18,19,20). The van der Waals surface area contributed by atoms with E-state index in [0.29, 0.717) is 11.5 Å². The molecule has 0 spiro atoms. The number of amides is 3. The third-order valence-corrected chi connectivity index (χ3v) is 3.81. The Labute approximate surface area is 128 Å². The van der Waals surface area contributed by atoms with Gasteiger partial charge in [-0.1, -0.05) is 6.07 Å². The first kappa shape index (κ1) is 14.4. The van der Waals surface area contributed by atoms with E-state index in [4.69, 9.17) is 9.47 Å². The minimum atomic E-state index is -0.507. The molecule has 1 saturated carbocycles. The van der Waals surface area contributed by atoms with Crippen LogP contribution in [0.1, 0.15) is 31.2 Å². The number of methoxy groups -OCH3 is 1. The number of hydrogen-bond acceptors (Lipinski definition) is 4. The van der Waals surface area contributed by atoms with Crippen molar-refractivity contribution < 1.29 is 19.1 Å². The van der Waals surface area contributed by atoms with Crippen molar-refractivity contribution in [1.29, 1.82) is 0 Å². The molecule has 22 heavy (non-hydrogen) atoms. The summed E-state index contributed by atoms with van der Waals surface area (Å²) in [5.41, 5.74) is 0.989. The van der Waals surface area contributed by atoms with Gasteiger partial charge < -0.3 is 14.8 Å². The summed E-state index contributed by atoms with van der Waals surface area (Å²) in [6.07, 6.45) is 6.29. The van der Waals surface area contributed by atoms with E-state index in [1.54, 1.807) is 19.3 Å². The molecule has 0 unspecified atom stereocenters. The predicted molar refractivity (Wildman–Crippen MR) is 80.5 cm³/mol. The minimum Gasteiger partial charge on any atom is -0.493 e. The van der Waals surface area contributed by atoms with Gasteiger partial charge in [-0.2, -0.15) is 0 Å². The molecule has 1 aliphatic heterocycles. The second kappa shape index (κ2) is 6.09. The number of benzene rings is 1. The number of imide groups is 1. The van der Waals surface area contributed by atoms with Crippen LogP contribution in [0.4, 0.5) is 4.79 Å². The lowest BCUT2D eigenvalue weighted by Gasteiger charge is -2.16. The topological polar surface area (TPSA) is 76.7 Å². The molecule has 1 aromatic rings. The molecule has 6 nitrogen and oxygen atoms in total. The van der Waals surface area contributed by atoms with Crippen LogP contribution in [-0.2, 0) is 4.79 Å². The van der Waals surface area contributed by atoms with Gasteiger partial charge in [0.15, 0.2) is 11.5 Å². The van der Waals surface area contributed by atoms with Gasteiger partial charge in [-0.05, 0) is 49.5 Å². The van der Waals surface area contributed by atoms with Gasteiger partial charge in [0, 0.05) is 0 Å². The van der Waals surface area contributed by atoms with Crippen LogP contribution < -0.4 is 20.1 Å². The Morgan fingerprint density at radius 2 is 1.91 bits per heavy atom. The Balaban J connectivity index is 1.84. The van der Waals surface area contributed by atoms with Crippen LogP contribution in [0.15, 0.2) is 23.9 Å². The Morgan fingerprint density at radius 1 is 1.14 bits per heavy atom. The second-order valence-corrected chi connectivity index (χ2v) is 5.40. The molecule has 0 aromatic heterocycles. The summed E-state index contributed by atoms with van der Waals surface area (Å²) < 4.78 is 11.3. The maximum Gasteiger partial charge on any atom is 0.326 e. The molecule has 1 saturated heterocycles. The van der Waals surface area contributed by atoms with Crippen molar-refractivity contribution in [2.24, 2.45) is 0 Å². The molecule has 1 heterocycles.